The quantitative estimate of drug-likeness (QED) is 0.118. The predicted octanol–water partition coefficient (Wildman–Crippen LogP) is 8.60. The monoisotopic (exact) mass is 693 g/mol. The molecule has 1 atom stereocenters. The number of nitrogens with zero attached hydrogens (tertiary/aromatic N) is 4. The first kappa shape index (κ1) is 33.7. The lowest BCUT2D eigenvalue weighted by Gasteiger charge is -2.37. The van der Waals surface area contributed by atoms with Gasteiger partial charge in [-0.1, -0.05) is 182 Å². The van der Waals surface area contributed by atoms with Crippen LogP contribution < -0.4 is 5.32 Å². The third-order valence-electron chi connectivity index (χ3n) is 9.77. The van der Waals surface area contributed by atoms with Gasteiger partial charge >= 0.3 is 0 Å². The molecule has 2 heterocycles. The largest absolute Gasteiger partial charge is 0.389 e. The summed E-state index contributed by atoms with van der Waals surface area (Å²) < 4.78 is 8.78. The third kappa shape index (κ3) is 6.48. The van der Waals surface area contributed by atoms with Gasteiger partial charge in [-0.25, -0.2) is 15.0 Å². The van der Waals surface area contributed by atoms with Gasteiger partial charge in [0.15, 0.2) is 11.5 Å². The Kier molecular flexibility index (Phi) is 9.58. The van der Waals surface area contributed by atoms with Crippen LogP contribution in [0.25, 0.3) is 11.2 Å². The third-order valence-corrected chi connectivity index (χ3v) is 9.77. The summed E-state index contributed by atoms with van der Waals surface area (Å²) >= 11 is 0. The second-order valence-corrected chi connectivity index (χ2v) is 13.0. The molecular formula is C46H39N5O2. The maximum Gasteiger partial charge on any atom is 0.165 e. The van der Waals surface area contributed by atoms with Crippen molar-refractivity contribution in [2.75, 3.05) is 11.9 Å². The number of nitrogens with one attached hydrogen (secondary N) is 1. The maximum absolute atomic E-state index is 11.7. The van der Waals surface area contributed by atoms with Crippen LogP contribution in [0.3, 0.4) is 0 Å². The molecule has 0 aliphatic carbocycles. The molecule has 6 aromatic carbocycles. The second kappa shape index (κ2) is 15.1. The summed E-state index contributed by atoms with van der Waals surface area (Å²) in [6.07, 6.45) is 2.37. The number of aliphatic hydroxyl groups is 1. The first-order valence-corrected chi connectivity index (χ1v) is 17.8. The fourth-order valence-corrected chi connectivity index (χ4v) is 7.33. The molecule has 0 bridgehead atoms. The van der Waals surface area contributed by atoms with Crippen molar-refractivity contribution in [3.63, 3.8) is 0 Å². The zero-order valence-corrected chi connectivity index (χ0v) is 29.1. The summed E-state index contributed by atoms with van der Waals surface area (Å²) in [6.45, 7) is 0.260. The number of hydrogen-bond donors (Lipinski definition) is 2. The van der Waals surface area contributed by atoms with Crippen LogP contribution in [0.1, 0.15) is 33.4 Å². The molecule has 0 aliphatic heterocycles. The van der Waals surface area contributed by atoms with Gasteiger partial charge in [-0.15, -0.1) is 0 Å². The standard InChI is InChI=1S/C46H39N5O2/c52-41(32-53-46(38-25-13-4-14-26-38,39-27-15-5-16-28-39)40-29-17-6-18-30-40)31-51-34-49-42-43(47-33-48-44(42)51)50-45(35-19-7-1-8-20-35,36-21-9-2-10-22-36)37-23-11-3-12-24-37/h1-30,33-34,41,52H,31-32H2,(H,47,48,50)/t41-/m0/s1. The first-order chi connectivity index (χ1) is 26.2. The smallest absolute Gasteiger partial charge is 0.165 e. The van der Waals surface area contributed by atoms with Crippen molar-refractivity contribution >= 4 is 17.0 Å². The van der Waals surface area contributed by atoms with Crippen LogP contribution in [0.4, 0.5) is 5.82 Å². The van der Waals surface area contributed by atoms with Crippen molar-refractivity contribution in [1.82, 2.24) is 19.5 Å². The second-order valence-electron chi connectivity index (χ2n) is 13.0. The molecule has 53 heavy (non-hydrogen) atoms. The molecule has 8 aromatic rings. The molecular weight excluding hydrogens is 655 g/mol. The van der Waals surface area contributed by atoms with Crippen LogP contribution in [0, 0.1) is 0 Å². The van der Waals surface area contributed by atoms with E-state index in [0.29, 0.717) is 17.0 Å². The number of aliphatic hydroxyl groups excluding tert-OH is 1. The number of anilines is 1. The summed E-state index contributed by atoms with van der Waals surface area (Å²) in [5.41, 5.74) is 5.53. The average Bonchev–Trinajstić information content (AvgIpc) is 3.65. The van der Waals surface area contributed by atoms with Crippen LogP contribution >= 0.6 is 0 Å². The molecule has 0 aliphatic rings. The van der Waals surface area contributed by atoms with Gasteiger partial charge in [0.05, 0.1) is 25.6 Å². The molecule has 0 saturated heterocycles. The van der Waals surface area contributed by atoms with E-state index < -0.39 is 17.2 Å². The SMILES string of the molecule is O[C@H](COC(c1ccccc1)(c1ccccc1)c1ccccc1)Cn1cnc2c(NC(c3ccccc3)(c3ccccc3)c3ccccc3)ncnc21. The van der Waals surface area contributed by atoms with E-state index in [4.69, 9.17) is 14.7 Å². The van der Waals surface area contributed by atoms with Crippen molar-refractivity contribution < 1.29 is 9.84 Å². The van der Waals surface area contributed by atoms with Gasteiger partial charge < -0.3 is 19.7 Å². The summed E-state index contributed by atoms with van der Waals surface area (Å²) in [7, 11) is 0. The summed E-state index contributed by atoms with van der Waals surface area (Å²) in [5.74, 6) is 0.576. The molecule has 7 heteroatoms. The molecule has 8 rings (SSSR count). The molecule has 0 amide bonds. The van der Waals surface area contributed by atoms with Gasteiger partial charge in [-0.2, -0.15) is 0 Å². The molecule has 260 valence electrons. The van der Waals surface area contributed by atoms with E-state index >= 15 is 0 Å². The fraction of sp³-hybridized carbons (Fsp3) is 0.109. The van der Waals surface area contributed by atoms with Crippen molar-refractivity contribution in [3.8, 4) is 0 Å². The van der Waals surface area contributed by atoms with Crippen molar-refractivity contribution in [2.24, 2.45) is 0 Å². The van der Waals surface area contributed by atoms with Crippen LogP contribution in [0.2, 0.25) is 0 Å². The fourth-order valence-electron chi connectivity index (χ4n) is 7.33. The van der Waals surface area contributed by atoms with Gasteiger partial charge in [0, 0.05) is 0 Å². The Morgan fingerprint density at radius 1 is 0.528 bits per heavy atom. The van der Waals surface area contributed by atoms with Gasteiger partial charge in [-0.05, 0) is 33.4 Å². The predicted molar refractivity (Wildman–Crippen MR) is 209 cm³/mol. The highest BCUT2D eigenvalue weighted by Gasteiger charge is 2.39. The number of fused-ring (bicyclic) bond motifs is 1. The molecule has 2 aromatic heterocycles. The zero-order valence-electron chi connectivity index (χ0n) is 29.1. The molecule has 7 nitrogen and oxygen atoms in total. The van der Waals surface area contributed by atoms with Gasteiger partial charge in [-0.3, -0.25) is 0 Å². The Morgan fingerprint density at radius 2 is 0.925 bits per heavy atom. The number of imidazole rings is 1. The van der Waals surface area contributed by atoms with E-state index in [1.807, 2.05) is 114 Å². The Balaban J connectivity index is 1.14. The molecule has 0 saturated carbocycles. The van der Waals surface area contributed by atoms with Gasteiger partial charge in [0.25, 0.3) is 0 Å². The van der Waals surface area contributed by atoms with Crippen LogP contribution in [-0.2, 0) is 22.4 Å². The lowest BCUT2D eigenvalue weighted by Crippen LogP contribution is -2.38. The van der Waals surface area contributed by atoms with Gasteiger partial charge in [0.1, 0.15) is 23.0 Å². The highest BCUT2D eigenvalue weighted by molar-refractivity contribution is 5.84. The van der Waals surface area contributed by atoms with Crippen LogP contribution in [0.5, 0.6) is 0 Å². The Morgan fingerprint density at radius 3 is 1.34 bits per heavy atom. The average molecular weight is 694 g/mol. The number of rotatable bonds is 13. The number of aromatic nitrogens is 4. The normalized spacial score (nSPS) is 12.4. The topological polar surface area (TPSA) is 85.1 Å². The van der Waals surface area contributed by atoms with Crippen molar-refractivity contribution in [3.05, 3.63) is 228 Å². The minimum atomic E-state index is -0.948. The first-order valence-electron chi connectivity index (χ1n) is 17.8. The molecule has 2 N–H and O–H groups in total. The van der Waals surface area contributed by atoms with Crippen LogP contribution in [-0.4, -0.2) is 37.3 Å². The molecule has 0 spiro atoms. The summed E-state index contributed by atoms with van der Waals surface area (Å²) in [4.78, 5) is 14.2. The van der Waals surface area contributed by atoms with Gasteiger partial charge in [0.2, 0.25) is 0 Å². The number of hydrogen-bond acceptors (Lipinski definition) is 6. The molecule has 0 radical (unpaired) electrons. The van der Waals surface area contributed by atoms with E-state index in [9.17, 15) is 5.11 Å². The molecule has 0 unspecified atom stereocenters. The van der Waals surface area contributed by atoms with Crippen LogP contribution in [0.15, 0.2) is 195 Å². The minimum absolute atomic E-state index is 0.0493. The van der Waals surface area contributed by atoms with E-state index in [1.165, 1.54) is 0 Å². The lowest BCUT2D eigenvalue weighted by atomic mass is 9.77. The van der Waals surface area contributed by atoms with Crippen molar-refractivity contribution in [1.29, 1.82) is 0 Å². The van der Waals surface area contributed by atoms with E-state index in [0.717, 1.165) is 33.4 Å². The van der Waals surface area contributed by atoms with E-state index in [2.05, 4.69) is 83.1 Å². The lowest BCUT2D eigenvalue weighted by molar-refractivity contribution is -0.0420. The summed E-state index contributed by atoms with van der Waals surface area (Å²) in [5, 5.41) is 15.5. The zero-order chi connectivity index (χ0) is 35.9. The van der Waals surface area contributed by atoms with E-state index in [1.54, 1.807) is 12.7 Å². The Labute approximate surface area is 309 Å². The molecule has 0 fully saturated rings. The Bertz CT molecular complexity index is 2160. The maximum atomic E-state index is 11.7. The number of benzene rings is 6. The minimum Gasteiger partial charge on any atom is -0.389 e. The summed E-state index contributed by atoms with van der Waals surface area (Å²) in [6, 6.07) is 61.6. The number of ether oxygens (including phenoxy) is 1. The highest BCUT2D eigenvalue weighted by atomic mass is 16.5. The highest BCUT2D eigenvalue weighted by Crippen LogP contribution is 2.42. The Hall–Kier alpha value is -6.41. The van der Waals surface area contributed by atoms with Crippen molar-refractivity contribution in [2.45, 2.75) is 23.8 Å². The van der Waals surface area contributed by atoms with E-state index in [-0.39, 0.29) is 13.2 Å².